The lowest BCUT2D eigenvalue weighted by atomic mass is 10.2. The maximum Gasteiger partial charge on any atom is 0.261 e. The first-order chi connectivity index (χ1) is 12.2. The van der Waals surface area contributed by atoms with Crippen molar-refractivity contribution in [2.45, 2.75) is 19.9 Å². The zero-order valence-electron chi connectivity index (χ0n) is 13.3. The van der Waals surface area contributed by atoms with Crippen LogP contribution in [0.2, 0.25) is 0 Å². The standard InChI is InChI=1S/C16H14N6O2S/c1-10-18-16(24-21-10)12-5-2-6-22-13(19-20-15(12)22)9-17-14(23)8-11-4-3-7-25-11/h2-7H,8-9H2,1H3,(H,17,23). The first-order valence-corrected chi connectivity index (χ1v) is 8.51. The quantitative estimate of drug-likeness (QED) is 0.589. The summed E-state index contributed by atoms with van der Waals surface area (Å²) in [6.07, 6.45) is 2.20. The molecule has 4 aromatic heterocycles. The Balaban J connectivity index is 1.54. The number of pyridine rings is 1. The molecule has 1 amide bonds. The molecule has 0 aromatic carbocycles. The SMILES string of the molecule is Cc1noc(-c2cccn3c(CNC(=O)Cc4cccs4)nnc23)n1. The van der Waals surface area contributed by atoms with Gasteiger partial charge < -0.3 is 9.84 Å². The van der Waals surface area contributed by atoms with Crippen LogP contribution < -0.4 is 5.32 Å². The number of fused-ring (bicyclic) bond motifs is 1. The molecule has 0 fully saturated rings. The maximum atomic E-state index is 12.0. The minimum Gasteiger partial charge on any atom is -0.348 e. The van der Waals surface area contributed by atoms with Crippen molar-refractivity contribution in [1.29, 1.82) is 0 Å². The lowest BCUT2D eigenvalue weighted by molar-refractivity contribution is -0.120. The van der Waals surface area contributed by atoms with Gasteiger partial charge in [0.25, 0.3) is 5.89 Å². The summed E-state index contributed by atoms with van der Waals surface area (Å²) in [5, 5.41) is 17.0. The largest absolute Gasteiger partial charge is 0.348 e. The van der Waals surface area contributed by atoms with Crippen molar-refractivity contribution in [2.24, 2.45) is 0 Å². The van der Waals surface area contributed by atoms with E-state index in [0.29, 0.717) is 35.2 Å². The highest BCUT2D eigenvalue weighted by Gasteiger charge is 2.15. The molecule has 4 heterocycles. The fraction of sp³-hybridized carbons (Fsp3) is 0.188. The highest BCUT2D eigenvalue weighted by molar-refractivity contribution is 7.10. The Kier molecular flexibility index (Phi) is 3.98. The Morgan fingerprint density at radius 3 is 3.00 bits per heavy atom. The van der Waals surface area contributed by atoms with Crippen LogP contribution in [0.5, 0.6) is 0 Å². The number of aryl methyl sites for hydroxylation is 1. The Hall–Kier alpha value is -3.07. The van der Waals surface area contributed by atoms with Crippen LogP contribution in [-0.2, 0) is 17.8 Å². The molecule has 0 aliphatic rings. The highest BCUT2D eigenvalue weighted by atomic mass is 32.1. The van der Waals surface area contributed by atoms with Gasteiger partial charge in [-0.15, -0.1) is 21.5 Å². The van der Waals surface area contributed by atoms with Gasteiger partial charge in [-0.1, -0.05) is 11.2 Å². The van der Waals surface area contributed by atoms with Crippen molar-refractivity contribution in [2.75, 3.05) is 0 Å². The minimum atomic E-state index is -0.0529. The number of hydrogen-bond donors (Lipinski definition) is 1. The van der Waals surface area contributed by atoms with E-state index in [9.17, 15) is 4.79 Å². The van der Waals surface area contributed by atoms with Gasteiger partial charge >= 0.3 is 0 Å². The van der Waals surface area contributed by atoms with Crippen LogP contribution in [0.15, 0.2) is 40.4 Å². The van der Waals surface area contributed by atoms with Gasteiger partial charge in [-0.25, -0.2) is 0 Å². The molecule has 0 aliphatic carbocycles. The summed E-state index contributed by atoms with van der Waals surface area (Å²) in [5.74, 6) is 1.52. The fourth-order valence-electron chi connectivity index (χ4n) is 2.47. The molecule has 25 heavy (non-hydrogen) atoms. The first kappa shape index (κ1) is 15.5. The third-order valence-electron chi connectivity index (χ3n) is 3.62. The number of hydrogen-bond acceptors (Lipinski definition) is 7. The van der Waals surface area contributed by atoms with Crippen LogP contribution in [0, 0.1) is 6.92 Å². The second kappa shape index (κ2) is 6.44. The van der Waals surface area contributed by atoms with Gasteiger partial charge in [0.15, 0.2) is 17.3 Å². The van der Waals surface area contributed by atoms with E-state index >= 15 is 0 Å². The van der Waals surface area contributed by atoms with E-state index in [4.69, 9.17) is 4.52 Å². The van der Waals surface area contributed by atoms with E-state index in [1.165, 1.54) is 0 Å². The van der Waals surface area contributed by atoms with Crippen LogP contribution in [0.1, 0.15) is 16.5 Å². The lowest BCUT2D eigenvalue weighted by Gasteiger charge is -2.04. The van der Waals surface area contributed by atoms with E-state index in [1.54, 1.807) is 22.7 Å². The van der Waals surface area contributed by atoms with Crippen molar-refractivity contribution in [3.8, 4) is 11.5 Å². The zero-order chi connectivity index (χ0) is 17.2. The molecule has 0 unspecified atom stereocenters. The van der Waals surface area contributed by atoms with Gasteiger partial charge in [-0.05, 0) is 30.5 Å². The molecule has 0 atom stereocenters. The van der Waals surface area contributed by atoms with Crippen molar-refractivity contribution in [1.82, 2.24) is 30.1 Å². The number of amides is 1. The average molecular weight is 354 g/mol. The number of carbonyl (C=O) groups excluding carboxylic acids is 1. The summed E-state index contributed by atoms with van der Waals surface area (Å²) in [4.78, 5) is 17.3. The molecule has 0 radical (unpaired) electrons. The summed E-state index contributed by atoms with van der Waals surface area (Å²) < 4.78 is 7.02. The monoisotopic (exact) mass is 354 g/mol. The average Bonchev–Trinajstić information content (AvgIpc) is 3.33. The van der Waals surface area contributed by atoms with E-state index < -0.39 is 0 Å². The first-order valence-electron chi connectivity index (χ1n) is 7.63. The van der Waals surface area contributed by atoms with Crippen LogP contribution in [0.3, 0.4) is 0 Å². The third-order valence-corrected chi connectivity index (χ3v) is 4.50. The number of rotatable bonds is 5. The Labute approximate surface area is 146 Å². The number of nitrogens with one attached hydrogen (secondary N) is 1. The topological polar surface area (TPSA) is 98.2 Å². The molecule has 1 N–H and O–H groups in total. The maximum absolute atomic E-state index is 12.0. The Morgan fingerprint density at radius 2 is 2.24 bits per heavy atom. The predicted molar refractivity (Wildman–Crippen MR) is 90.9 cm³/mol. The van der Waals surface area contributed by atoms with E-state index in [1.807, 2.05) is 35.8 Å². The number of carbonyl (C=O) groups is 1. The van der Waals surface area contributed by atoms with Crippen molar-refractivity contribution >= 4 is 22.9 Å². The Bertz CT molecular complexity index is 1020. The van der Waals surface area contributed by atoms with Crippen LogP contribution >= 0.6 is 11.3 Å². The van der Waals surface area contributed by atoms with Gasteiger partial charge in [0.05, 0.1) is 18.5 Å². The smallest absolute Gasteiger partial charge is 0.261 e. The lowest BCUT2D eigenvalue weighted by Crippen LogP contribution is -2.25. The predicted octanol–water partition coefficient (Wildman–Crippen LogP) is 2.01. The second-order valence-electron chi connectivity index (χ2n) is 5.41. The molecule has 8 nitrogen and oxygen atoms in total. The van der Waals surface area contributed by atoms with Gasteiger partial charge in [-0.3, -0.25) is 9.20 Å². The number of aromatic nitrogens is 5. The van der Waals surface area contributed by atoms with E-state index in [-0.39, 0.29) is 12.5 Å². The second-order valence-corrected chi connectivity index (χ2v) is 6.44. The summed E-state index contributed by atoms with van der Waals surface area (Å²) in [5.41, 5.74) is 1.31. The van der Waals surface area contributed by atoms with Gasteiger partial charge in [0.2, 0.25) is 5.91 Å². The van der Waals surface area contributed by atoms with Crippen molar-refractivity contribution in [3.05, 3.63) is 52.4 Å². The summed E-state index contributed by atoms with van der Waals surface area (Å²) >= 11 is 1.56. The molecular weight excluding hydrogens is 340 g/mol. The van der Waals surface area contributed by atoms with E-state index in [2.05, 4.69) is 25.7 Å². The molecule has 0 spiro atoms. The van der Waals surface area contributed by atoms with Gasteiger partial charge in [0, 0.05) is 11.1 Å². The zero-order valence-corrected chi connectivity index (χ0v) is 14.2. The molecule has 4 aromatic rings. The van der Waals surface area contributed by atoms with Crippen molar-refractivity contribution in [3.63, 3.8) is 0 Å². The highest BCUT2D eigenvalue weighted by Crippen LogP contribution is 2.22. The fourth-order valence-corrected chi connectivity index (χ4v) is 3.17. The number of nitrogens with zero attached hydrogens (tertiary/aromatic N) is 5. The minimum absolute atomic E-state index is 0.0529. The van der Waals surface area contributed by atoms with Crippen LogP contribution in [0.25, 0.3) is 17.1 Å². The summed E-state index contributed by atoms with van der Waals surface area (Å²) in [7, 11) is 0. The molecule has 0 saturated heterocycles. The molecule has 126 valence electrons. The number of thiophene rings is 1. The molecular formula is C16H14N6O2S. The van der Waals surface area contributed by atoms with E-state index in [0.717, 1.165) is 4.88 Å². The van der Waals surface area contributed by atoms with Crippen LogP contribution in [-0.4, -0.2) is 30.6 Å². The van der Waals surface area contributed by atoms with Crippen LogP contribution in [0.4, 0.5) is 0 Å². The normalized spacial score (nSPS) is 11.1. The third kappa shape index (κ3) is 3.13. The van der Waals surface area contributed by atoms with Crippen molar-refractivity contribution < 1.29 is 9.32 Å². The molecule has 0 saturated carbocycles. The molecule has 0 aliphatic heterocycles. The Morgan fingerprint density at radius 1 is 1.32 bits per heavy atom. The van der Waals surface area contributed by atoms with Gasteiger partial charge in [-0.2, -0.15) is 4.98 Å². The molecule has 9 heteroatoms. The summed E-state index contributed by atoms with van der Waals surface area (Å²) in [6, 6.07) is 7.56. The molecule has 0 bridgehead atoms. The summed E-state index contributed by atoms with van der Waals surface area (Å²) in [6.45, 7) is 2.04. The van der Waals surface area contributed by atoms with Gasteiger partial charge in [0.1, 0.15) is 0 Å². The molecule has 4 rings (SSSR count).